The normalized spacial score (nSPS) is 10.8. The Balaban J connectivity index is 1.88. The number of fused-ring (bicyclic) bond motifs is 1. The fourth-order valence-electron chi connectivity index (χ4n) is 3.67. The van der Waals surface area contributed by atoms with Crippen LogP contribution in [0.25, 0.3) is 10.9 Å². The van der Waals surface area contributed by atoms with Gasteiger partial charge in [0.15, 0.2) is 16.6 Å². The van der Waals surface area contributed by atoms with Crippen molar-refractivity contribution in [1.82, 2.24) is 15.2 Å². The Morgan fingerprint density at radius 2 is 1.79 bits per heavy atom. The van der Waals surface area contributed by atoms with Crippen molar-refractivity contribution in [3.63, 3.8) is 0 Å². The molecule has 7 nitrogen and oxygen atoms in total. The molecule has 0 fully saturated rings. The number of H-pyrrole nitrogens is 1. The van der Waals surface area contributed by atoms with E-state index in [1.807, 2.05) is 29.2 Å². The first kappa shape index (κ1) is 24.5. The van der Waals surface area contributed by atoms with E-state index in [1.54, 1.807) is 27.4 Å². The number of aromatic nitrogens is 1. The number of rotatable bonds is 10. The largest absolute Gasteiger partial charge is 0.493 e. The number of benzene rings is 2. The number of methoxy groups -OCH3 is 3. The highest BCUT2D eigenvalue weighted by atomic mass is 32.1. The maximum atomic E-state index is 12.9. The molecule has 0 spiro atoms. The number of ether oxygens (including phenoxy) is 3. The smallest absolute Gasteiger partial charge is 0.253 e. The topological polar surface area (TPSA) is 75.8 Å². The number of hydrogen-bond donors (Lipinski definition) is 2. The van der Waals surface area contributed by atoms with Crippen LogP contribution in [0.5, 0.6) is 11.5 Å². The number of hydrogen-bond acceptors (Lipinski definition) is 5. The van der Waals surface area contributed by atoms with Gasteiger partial charge in [-0.15, -0.1) is 0 Å². The highest BCUT2D eigenvalue weighted by Crippen LogP contribution is 2.31. The number of thiocarbonyl (C=S) groups is 1. The minimum absolute atomic E-state index is 0.157. The van der Waals surface area contributed by atoms with Gasteiger partial charge in [-0.2, -0.15) is 0 Å². The average Bonchev–Trinajstić information content (AvgIpc) is 2.82. The molecule has 33 heavy (non-hydrogen) atoms. The molecule has 0 saturated heterocycles. The van der Waals surface area contributed by atoms with E-state index in [4.69, 9.17) is 26.4 Å². The Labute approximate surface area is 199 Å². The lowest BCUT2D eigenvalue weighted by Gasteiger charge is -2.26. The van der Waals surface area contributed by atoms with E-state index in [0.29, 0.717) is 53.9 Å². The summed E-state index contributed by atoms with van der Waals surface area (Å²) in [6.07, 6.45) is 0.815. The number of aryl methyl sites for hydroxylation is 1. The molecule has 1 aromatic heterocycles. The summed E-state index contributed by atoms with van der Waals surface area (Å²) >= 11 is 5.66. The van der Waals surface area contributed by atoms with Crippen molar-refractivity contribution in [2.45, 2.75) is 19.9 Å². The Kier molecular flexibility index (Phi) is 8.68. The van der Waals surface area contributed by atoms with E-state index < -0.39 is 0 Å². The zero-order chi connectivity index (χ0) is 23.8. The Morgan fingerprint density at radius 3 is 2.48 bits per heavy atom. The van der Waals surface area contributed by atoms with Crippen LogP contribution in [0.4, 0.5) is 0 Å². The van der Waals surface area contributed by atoms with Gasteiger partial charge in [0.2, 0.25) is 0 Å². The first-order valence-electron chi connectivity index (χ1n) is 10.8. The summed E-state index contributed by atoms with van der Waals surface area (Å²) in [5.74, 6) is 1.17. The zero-order valence-electron chi connectivity index (χ0n) is 19.6. The zero-order valence-corrected chi connectivity index (χ0v) is 20.4. The van der Waals surface area contributed by atoms with Gasteiger partial charge in [-0.1, -0.05) is 24.3 Å². The van der Waals surface area contributed by atoms with Crippen molar-refractivity contribution in [1.29, 1.82) is 0 Å². The third-order valence-corrected chi connectivity index (χ3v) is 5.97. The van der Waals surface area contributed by atoms with E-state index >= 15 is 0 Å². The lowest BCUT2D eigenvalue weighted by Crippen LogP contribution is -2.42. The van der Waals surface area contributed by atoms with Gasteiger partial charge in [-0.05, 0) is 48.8 Å². The molecule has 2 N–H and O–H groups in total. The first-order chi connectivity index (χ1) is 16.0. The van der Waals surface area contributed by atoms with E-state index in [-0.39, 0.29) is 5.56 Å². The molecule has 1 heterocycles. The third kappa shape index (κ3) is 6.24. The Hall–Kier alpha value is -3.10. The van der Waals surface area contributed by atoms with Crippen LogP contribution in [0.2, 0.25) is 0 Å². The molecule has 8 heteroatoms. The lowest BCUT2D eigenvalue weighted by atomic mass is 10.1. The summed E-state index contributed by atoms with van der Waals surface area (Å²) < 4.78 is 15.9. The number of pyridine rings is 1. The second-order valence-electron chi connectivity index (χ2n) is 7.74. The van der Waals surface area contributed by atoms with E-state index in [2.05, 4.69) is 29.4 Å². The maximum Gasteiger partial charge on any atom is 0.253 e. The van der Waals surface area contributed by atoms with Crippen LogP contribution in [-0.2, 0) is 17.7 Å². The SMILES string of the molecule is COCCNC(=S)N(CCc1ccccc1C)Cc1cc2cc(OC)c(OC)cc2[nH]c1=O. The highest BCUT2D eigenvalue weighted by molar-refractivity contribution is 7.80. The van der Waals surface area contributed by atoms with Crippen LogP contribution in [-0.4, -0.2) is 56.0 Å². The van der Waals surface area contributed by atoms with Gasteiger partial charge in [-0.3, -0.25) is 4.79 Å². The number of nitrogens with zero attached hydrogens (tertiary/aromatic N) is 1. The van der Waals surface area contributed by atoms with Gasteiger partial charge in [-0.25, -0.2) is 0 Å². The minimum atomic E-state index is -0.157. The fourth-order valence-corrected chi connectivity index (χ4v) is 3.93. The van der Waals surface area contributed by atoms with Gasteiger partial charge < -0.3 is 29.4 Å². The summed E-state index contributed by atoms with van der Waals surface area (Å²) in [4.78, 5) is 17.9. The van der Waals surface area contributed by atoms with Gasteiger partial charge in [0, 0.05) is 37.2 Å². The predicted octanol–water partition coefficient (Wildman–Crippen LogP) is 3.42. The summed E-state index contributed by atoms with van der Waals surface area (Å²) in [6, 6.07) is 13.8. The van der Waals surface area contributed by atoms with Crippen LogP contribution in [0.15, 0.2) is 47.3 Å². The van der Waals surface area contributed by atoms with Gasteiger partial charge in [0.05, 0.1) is 32.9 Å². The quantitative estimate of drug-likeness (QED) is 0.348. The molecule has 0 aliphatic heterocycles. The van der Waals surface area contributed by atoms with Crippen molar-refractivity contribution in [2.75, 3.05) is 41.0 Å². The summed E-state index contributed by atoms with van der Waals surface area (Å²) in [7, 11) is 4.81. The maximum absolute atomic E-state index is 12.9. The second kappa shape index (κ2) is 11.7. The van der Waals surface area contributed by atoms with E-state index in [0.717, 1.165) is 11.8 Å². The number of nitrogens with one attached hydrogen (secondary N) is 2. The van der Waals surface area contributed by atoms with Crippen LogP contribution < -0.4 is 20.3 Å². The van der Waals surface area contributed by atoms with Crippen LogP contribution >= 0.6 is 12.2 Å². The van der Waals surface area contributed by atoms with Crippen LogP contribution in [0.1, 0.15) is 16.7 Å². The van der Waals surface area contributed by atoms with Crippen LogP contribution in [0, 0.1) is 6.92 Å². The third-order valence-electron chi connectivity index (χ3n) is 5.57. The Morgan fingerprint density at radius 1 is 1.06 bits per heavy atom. The predicted molar refractivity (Wildman–Crippen MR) is 135 cm³/mol. The summed E-state index contributed by atoms with van der Waals surface area (Å²) in [5, 5.41) is 4.68. The van der Waals surface area contributed by atoms with Crippen molar-refractivity contribution in [3.8, 4) is 11.5 Å². The molecule has 0 amide bonds. The van der Waals surface area contributed by atoms with Crippen molar-refractivity contribution < 1.29 is 14.2 Å². The molecule has 3 aromatic rings. The fraction of sp³-hybridized carbons (Fsp3) is 0.360. The van der Waals surface area contributed by atoms with Crippen molar-refractivity contribution >= 4 is 28.2 Å². The molecule has 176 valence electrons. The van der Waals surface area contributed by atoms with Crippen LogP contribution in [0.3, 0.4) is 0 Å². The number of aromatic amines is 1. The molecule has 0 atom stereocenters. The molecule has 0 radical (unpaired) electrons. The average molecular weight is 470 g/mol. The molecule has 0 aliphatic carbocycles. The van der Waals surface area contributed by atoms with Crippen molar-refractivity contribution in [2.24, 2.45) is 0 Å². The second-order valence-corrected chi connectivity index (χ2v) is 8.13. The van der Waals surface area contributed by atoms with E-state index in [9.17, 15) is 4.79 Å². The molecule has 0 saturated carbocycles. The minimum Gasteiger partial charge on any atom is -0.493 e. The molecule has 3 rings (SSSR count). The van der Waals surface area contributed by atoms with Gasteiger partial charge in [0.25, 0.3) is 5.56 Å². The summed E-state index contributed by atoms with van der Waals surface area (Å²) in [5.41, 5.74) is 3.64. The molecular weight excluding hydrogens is 438 g/mol. The molecular formula is C25H31N3O4S. The van der Waals surface area contributed by atoms with Gasteiger partial charge in [0.1, 0.15) is 0 Å². The molecule has 0 unspecified atom stereocenters. The van der Waals surface area contributed by atoms with Gasteiger partial charge >= 0.3 is 0 Å². The molecule has 2 aromatic carbocycles. The molecule has 0 bridgehead atoms. The Bertz CT molecular complexity index is 1160. The summed E-state index contributed by atoms with van der Waals surface area (Å²) in [6.45, 7) is 4.30. The monoisotopic (exact) mass is 469 g/mol. The molecule has 0 aliphatic rings. The standard InChI is InChI=1S/C25H31N3O4S/c1-17-7-5-6-8-18(17)9-11-28(25(33)26-10-12-30-2)16-20-13-19-14-22(31-3)23(32-4)15-21(19)27-24(20)29/h5-8,13-15H,9-12,16H2,1-4H3,(H,26,33)(H,27,29). The highest BCUT2D eigenvalue weighted by Gasteiger charge is 2.15. The van der Waals surface area contributed by atoms with Crippen molar-refractivity contribution in [3.05, 3.63) is 69.5 Å². The van der Waals surface area contributed by atoms with E-state index in [1.165, 1.54) is 11.1 Å². The first-order valence-corrected chi connectivity index (χ1v) is 11.2. The lowest BCUT2D eigenvalue weighted by molar-refractivity contribution is 0.203.